The molecule has 0 bridgehead atoms. The summed E-state index contributed by atoms with van der Waals surface area (Å²) in [5, 5.41) is 2.91. The molecule has 0 saturated heterocycles. The molecule has 3 aromatic rings. The summed E-state index contributed by atoms with van der Waals surface area (Å²) in [5.74, 6) is 0.597. The number of carbonyl (C=O) groups excluding carboxylic acids is 1. The molecule has 0 saturated carbocycles. The van der Waals surface area contributed by atoms with Crippen molar-refractivity contribution in [3.8, 4) is 5.75 Å². The van der Waals surface area contributed by atoms with Crippen molar-refractivity contribution in [2.45, 2.75) is 13.0 Å². The average Bonchev–Trinajstić information content (AvgIpc) is 2.77. The number of ether oxygens (including phenoxy) is 1. The first-order chi connectivity index (χ1) is 13.7. The highest BCUT2D eigenvalue weighted by Crippen LogP contribution is 2.15. The molecular formula is C22H24N4O2. The molecule has 1 aromatic carbocycles. The summed E-state index contributed by atoms with van der Waals surface area (Å²) in [5.41, 5.74) is 3.59. The van der Waals surface area contributed by atoms with Crippen LogP contribution in [0, 0.1) is 0 Å². The molecule has 6 nitrogen and oxygen atoms in total. The molecule has 0 fully saturated rings. The summed E-state index contributed by atoms with van der Waals surface area (Å²) >= 11 is 0. The van der Waals surface area contributed by atoms with Gasteiger partial charge in [0.15, 0.2) is 0 Å². The van der Waals surface area contributed by atoms with E-state index in [9.17, 15) is 4.79 Å². The third-order valence-corrected chi connectivity index (χ3v) is 4.51. The second kappa shape index (κ2) is 9.50. The molecule has 1 N–H and O–H groups in total. The van der Waals surface area contributed by atoms with E-state index in [0.29, 0.717) is 12.2 Å². The number of hydrogen-bond donors (Lipinski definition) is 1. The fourth-order valence-electron chi connectivity index (χ4n) is 2.77. The Labute approximate surface area is 165 Å². The second-order valence-corrected chi connectivity index (χ2v) is 6.46. The molecule has 0 atom stereocenters. The number of pyridine rings is 2. The lowest BCUT2D eigenvalue weighted by Gasteiger charge is -2.19. The number of benzene rings is 1. The van der Waals surface area contributed by atoms with Crippen LogP contribution in [0.5, 0.6) is 5.75 Å². The number of aromatic nitrogens is 2. The fourth-order valence-corrected chi connectivity index (χ4v) is 2.77. The molecule has 0 aliphatic heterocycles. The summed E-state index contributed by atoms with van der Waals surface area (Å²) in [6.45, 7) is 1.27. The molecule has 6 heteroatoms. The molecule has 1 amide bonds. The van der Waals surface area contributed by atoms with Crippen molar-refractivity contribution in [3.05, 3.63) is 83.9 Å². The van der Waals surface area contributed by atoms with Gasteiger partial charge in [-0.2, -0.15) is 0 Å². The molecule has 0 spiro atoms. The SMILES string of the molecule is COc1ccc(CNC(=O)c2cc(N(C)CCc3ccncc3)ccn2)cc1. The van der Waals surface area contributed by atoms with Crippen LogP contribution < -0.4 is 15.0 Å². The van der Waals surface area contributed by atoms with Gasteiger partial charge >= 0.3 is 0 Å². The quantitative estimate of drug-likeness (QED) is 0.654. The van der Waals surface area contributed by atoms with Gasteiger partial charge in [0.1, 0.15) is 11.4 Å². The predicted molar refractivity (Wildman–Crippen MR) is 110 cm³/mol. The molecule has 0 aliphatic rings. The molecule has 0 radical (unpaired) electrons. The number of amides is 1. The Morgan fingerprint density at radius 2 is 1.79 bits per heavy atom. The summed E-state index contributed by atoms with van der Waals surface area (Å²) in [4.78, 5) is 22.8. The van der Waals surface area contributed by atoms with Crippen molar-refractivity contribution in [1.82, 2.24) is 15.3 Å². The topological polar surface area (TPSA) is 67.3 Å². The predicted octanol–water partition coefficient (Wildman–Crippen LogP) is 3.09. The number of methoxy groups -OCH3 is 1. The third kappa shape index (κ3) is 5.30. The van der Waals surface area contributed by atoms with E-state index >= 15 is 0 Å². The first kappa shape index (κ1) is 19.4. The van der Waals surface area contributed by atoms with Crippen LogP contribution in [-0.4, -0.2) is 36.6 Å². The van der Waals surface area contributed by atoms with Crippen molar-refractivity contribution in [1.29, 1.82) is 0 Å². The van der Waals surface area contributed by atoms with Gasteiger partial charge in [-0.15, -0.1) is 0 Å². The van der Waals surface area contributed by atoms with Crippen molar-refractivity contribution in [2.24, 2.45) is 0 Å². The van der Waals surface area contributed by atoms with Gasteiger partial charge in [0.05, 0.1) is 7.11 Å². The van der Waals surface area contributed by atoms with E-state index in [2.05, 4.69) is 20.2 Å². The first-order valence-corrected chi connectivity index (χ1v) is 9.13. The largest absolute Gasteiger partial charge is 0.497 e. The molecule has 0 unspecified atom stereocenters. The van der Waals surface area contributed by atoms with Crippen molar-refractivity contribution in [2.75, 3.05) is 25.6 Å². The van der Waals surface area contributed by atoms with Crippen LogP contribution in [-0.2, 0) is 13.0 Å². The highest BCUT2D eigenvalue weighted by atomic mass is 16.5. The second-order valence-electron chi connectivity index (χ2n) is 6.46. The molecule has 144 valence electrons. The van der Waals surface area contributed by atoms with Crippen LogP contribution in [0.25, 0.3) is 0 Å². The van der Waals surface area contributed by atoms with Gasteiger partial charge in [-0.25, -0.2) is 0 Å². The molecule has 2 heterocycles. The Hall–Kier alpha value is -3.41. The van der Waals surface area contributed by atoms with E-state index in [0.717, 1.165) is 30.0 Å². The van der Waals surface area contributed by atoms with Gasteiger partial charge in [-0.1, -0.05) is 12.1 Å². The maximum Gasteiger partial charge on any atom is 0.270 e. The fraction of sp³-hybridized carbons (Fsp3) is 0.227. The lowest BCUT2D eigenvalue weighted by molar-refractivity contribution is 0.0946. The molecular weight excluding hydrogens is 352 g/mol. The minimum Gasteiger partial charge on any atom is -0.497 e. The number of nitrogens with one attached hydrogen (secondary N) is 1. The zero-order chi connectivity index (χ0) is 19.8. The van der Waals surface area contributed by atoms with Gasteiger partial charge in [0, 0.05) is 44.4 Å². The van der Waals surface area contributed by atoms with Crippen molar-refractivity contribution < 1.29 is 9.53 Å². The van der Waals surface area contributed by atoms with Crippen LogP contribution in [0.15, 0.2) is 67.1 Å². The number of likely N-dealkylation sites (N-methyl/N-ethyl adjacent to an activating group) is 1. The first-order valence-electron chi connectivity index (χ1n) is 9.13. The zero-order valence-electron chi connectivity index (χ0n) is 16.1. The smallest absolute Gasteiger partial charge is 0.270 e. The summed E-state index contributed by atoms with van der Waals surface area (Å²) < 4.78 is 5.14. The molecule has 3 rings (SSSR count). The van der Waals surface area contributed by atoms with Gasteiger partial charge < -0.3 is 15.0 Å². The van der Waals surface area contributed by atoms with Gasteiger partial charge in [0.2, 0.25) is 0 Å². The maximum absolute atomic E-state index is 12.5. The van der Waals surface area contributed by atoms with Crippen molar-refractivity contribution in [3.63, 3.8) is 0 Å². The minimum absolute atomic E-state index is 0.194. The van der Waals surface area contributed by atoms with Crippen LogP contribution >= 0.6 is 0 Å². The lowest BCUT2D eigenvalue weighted by atomic mass is 10.2. The lowest BCUT2D eigenvalue weighted by Crippen LogP contribution is -2.25. The number of rotatable bonds is 8. The zero-order valence-corrected chi connectivity index (χ0v) is 16.1. The Morgan fingerprint density at radius 3 is 2.50 bits per heavy atom. The summed E-state index contributed by atoms with van der Waals surface area (Å²) in [7, 11) is 3.64. The Morgan fingerprint density at radius 1 is 1.04 bits per heavy atom. The normalized spacial score (nSPS) is 10.4. The van der Waals surface area contributed by atoms with Gasteiger partial charge in [-0.05, 0) is 53.9 Å². The standard InChI is InChI=1S/C22H24N4O2/c1-26(14-10-17-7-11-23-12-8-17)19-9-13-24-21(15-19)22(27)25-16-18-3-5-20(28-2)6-4-18/h3-9,11-13,15H,10,14,16H2,1-2H3,(H,25,27). The summed E-state index contributed by atoms with van der Waals surface area (Å²) in [6, 6.07) is 15.3. The van der Waals surface area contributed by atoms with E-state index in [1.165, 1.54) is 5.56 Å². The highest BCUT2D eigenvalue weighted by Gasteiger charge is 2.10. The van der Waals surface area contributed by atoms with E-state index in [1.807, 2.05) is 55.6 Å². The van der Waals surface area contributed by atoms with Crippen LogP contribution in [0.1, 0.15) is 21.6 Å². The Kier molecular flexibility index (Phi) is 6.57. The number of carbonyl (C=O) groups is 1. The Balaban J connectivity index is 1.57. The van der Waals surface area contributed by atoms with Gasteiger partial charge in [-0.3, -0.25) is 14.8 Å². The maximum atomic E-state index is 12.5. The number of nitrogens with zero attached hydrogens (tertiary/aromatic N) is 3. The third-order valence-electron chi connectivity index (χ3n) is 4.51. The van der Waals surface area contributed by atoms with E-state index in [-0.39, 0.29) is 5.91 Å². The minimum atomic E-state index is -0.194. The van der Waals surface area contributed by atoms with Crippen LogP contribution in [0.3, 0.4) is 0 Å². The van der Waals surface area contributed by atoms with Gasteiger partial charge in [0.25, 0.3) is 5.91 Å². The molecule has 28 heavy (non-hydrogen) atoms. The monoisotopic (exact) mass is 376 g/mol. The molecule has 0 aliphatic carbocycles. The van der Waals surface area contributed by atoms with E-state index in [1.54, 1.807) is 25.7 Å². The number of hydrogen-bond acceptors (Lipinski definition) is 5. The number of anilines is 1. The average molecular weight is 376 g/mol. The summed E-state index contributed by atoms with van der Waals surface area (Å²) in [6.07, 6.45) is 6.17. The van der Waals surface area contributed by atoms with Crippen molar-refractivity contribution >= 4 is 11.6 Å². The Bertz CT molecular complexity index is 898. The van der Waals surface area contributed by atoms with E-state index in [4.69, 9.17) is 4.74 Å². The van der Waals surface area contributed by atoms with Crippen LogP contribution in [0.2, 0.25) is 0 Å². The molecule has 2 aromatic heterocycles. The van der Waals surface area contributed by atoms with E-state index < -0.39 is 0 Å². The highest BCUT2D eigenvalue weighted by molar-refractivity contribution is 5.93. The van der Waals surface area contributed by atoms with Crippen LogP contribution in [0.4, 0.5) is 5.69 Å².